The third kappa shape index (κ3) is 3.22. The second kappa shape index (κ2) is 5.55. The number of amides is 1. The molecule has 1 fully saturated rings. The third-order valence-electron chi connectivity index (χ3n) is 3.73. The van der Waals surface area contributed by atoms with Gasteiger partial charge >= 0.3 is 0 Å². The molecule has 2 atom stereocenters. The van der Waals surface area contributed by atoms with Gasteiger partial charge in [0.05, 0.1) is 0 Å². The van der Waals surface area contributed by atoms with Crippen molar-refractivity contribution in [1.29, 1.82) is 0 Å². The fraction of sp³-hybridized carbons (Fsp3) is 0.500. The van der Waals surface area contributed by atoms with E-state index in [9.17, 15) is 13.6 Å². The number of rotatable bonds is 4. The monoisotopic (exact) mass is 268 g/mol. The Hall–Kier alpha value is -1.65. The number of halogens is 2. The minimum absolute atomic E-state index is 0.144. The van der Waals surface area contributed by atoms with E-state index < -0.39 is 11.6 Å². The van der Waals surface area contributed by atoms with Crippen LogP contribution in [0.25, 0.3) is 0 Å². The van der Waals surface area contributed by atoms with Crippen LogP contribution in [0.4, 0.5) is 14.5 Å². The van der Waals surface area contributed by atoms with Crippen LogP contribution < -0.4 is 10.6 Å². The molecule has 0 aliphatic carbocycles. The van der Waals surface area contributed by atoms with Crippen LogP contribution >= 0.6 is 0 Å². The van der Waals surface area contributed by atoms with Gasteiger partial charge in [0.15, 0.2) is 11.6 Å². The van der Waals surface area contributed by atoms with Crippen LogP contribution in [0, 0.1) is 23.5 Å². The van der Waals surface area contributed by atoms with Gasteiger partial charge in [-0.3, -0.25) is 4.79 Å². The predicted octanol–water partition coefficient (Wildman–Crippen LogP) is 2.30. The number of nitrogens with two attached hydrogens (primary N) is 1. The van der Waals surface area contributed by atoms with Gasteiger partial charge in [-0.1, -0.05) is 6.92 Å². The van der Waals surface area contributed by atoms with Crippen molar-refractivity contribution < 1.29 is 13.6 Å². The lowest BCUT2D eigenvalue weighted by atomic mass is 9.95. The van der Waals surface area contributed by atoms with E-state index in [2.05, 4.69) is 0 Å². The molecule has 0 bridgehead atoms. The van der Waals surface area contributed by atoms with Gasteiger partial charge in [-0.2, -0.15) is 0 Å². The molecule has 2 unspecified atom stereocenters. The fourth-order valence-corrected chi connectivity index (χ4v) is 2.56. The molecular formula is C14H18F2N2O. The Kier molecular flexibility index (Phi) is 4.02. The summed E-state index contributed by atoms with van der Waals surface area (Å²) in [6.45, 7) is 3.37. The second-order valence-corrected chi connectivity index (χ2v) is 5.24. The summed E-state index contributed by atoms with van der Waals surface area (Å²) >= 11 is 0. The molecule has 1 heterocycles. The first-order valence-corrected chi connectivity index (χ1v) is 6.46. The van der Waals surface area contributed by atoms with Crippen LogP contribution in [-0.4, -0.2) is 19.0 Å². The van der Waals surface area contributed by atoms with E-state index in [1.807, 2.05) is 11.8 Å². The number of primary amides is 1. The highest BCUT2D eigenvalue weighted by Gasteiger charge is 2.26. The van der Waals surface area contributed by atoms with Crippen molar-refractivity contribution in [1.82, 2.24) is 0 Å². The van der Waals surface area contributed by atoms with Gasteiger partial charge in [-0.15, -0.1) is 0 Å². The van der Waals surface area contributed by atoms with Gasteiger partial charge < -0.3 is 10.6 Å². The van der Waals surface area contributed by atoms with Crippen LogP contribution in [0.3, 0.4) is 0 Å². The molecule has 104 valence electrons. The van der Waals surface area contributed by atoms with Crippen LogP contribution in [0.15, 0.2) is 18.2 Å². The highest BCUT2D eigenvalue weighted by Crippen LogP contribution is 2.28. The standard InChI is InChI=1S/C14H18F2N2O/c1-9(14(17)19)6-10-4-5-18(8-10)11-2-3-12(15)13(16)7-11/h2-3,7,9-10H,4-6,8H2,1H3,(H2,17,19). The van der Waals surface area contributed by atoms with Crippen molar-refractivity contribution in [3.8, 4) is 0 Å². The van der Waals surface area contributed by atoms with E-state index in [4.69, 9.17) is 5.73 Å². The van der Waals surface area contributed by atoms with Crippen molar-refractivity contribution in [3.05, 3.63) is 29.8 Å². The topological polar surface area (TPSA) is 46.3 Å². The zero-order valence-electron chi connectivity index (χ0n) is 10.9. The lowest BCUT2D eigenvalue weighted by molar-refractivity contribution is -0.121. The highest BCUT2D eigenvalue weighted by molar-refractivity contribution is 5.76. The molecule has 0 aromatic heterocycles. The van der Waals surface area contributed by atoms with Gasteiger partial charge in [0.1, 0.15) is 0 Å². The normalized spacial score (nSPS) is 20.6. The number of anilines is 1. The summed E-state index contributed by atoms with van der Waals surface area (Å²) < 4.78 is 26.1. The van der Waals surface area contributed by atoms with Gasteiger partial charge in [0.2, 0.25) is 5.91 Å². The number of carbonyl (C=O) groups is 1. The molecule has 1 aromatic carbocycles. The smallest absolute Gasteiger partial charge is 0.220 e. The number of hydrogen-bond donors (Lipinski definition) is 1. The maximum absolute atomic E-state index is 13.2. The Labute approximate surface area is 111 Å². The molecule has 3 nitrogen and oxygen atoms in total. The average Bonchev–Trinajstić information content (AvgIpc) is 2.81. The van der Waals surface area contributed by atoms with E-state index in [0.717, 1.165) is 32.0 Å². The molecule has 1 amide bonds. The molecule has 1 aliphatic rings. The molecule has 1 aromatic rings. The Morgan fingerprint density at radius 3 is 2.84 bits per heavy atom. The molecule has 2 N–H and O–H groups in total. The average molecular weight is 268 g/mol. The maximum Gasteiger partial charge on any atom is 0.220 e. The van der Waals surface area contributed by atoms with Crippen molar-refractivity contribution in [2.75, 3.05) is 18.0 Å². The minimum Gasteiger partial charge on any atom is -0.371 e. The van der Waals surface area contributed by atoms with Crippen molar-refractivity contribution >= 4 is 11.6 Å². The summed E-state index contributed by atoms with van der Waals surface area (Å²) in [7, 11) is 0. The summed E-state index contributed by atoms with van der Waals surface area (Å²) in [5, 5.41) is 0. The summed E-state index contributed by atoms with van der Waals surface area (Å²) in [4.78, 5) is 13.1. The molecule has 1 aliphatic heterocycles. The fourth-order valence-electron chi connectivity index (χ4n) is 2.56. The van der Waals surface area contributed by atoms with E-state index in [-0.39, 0.29) is 11.8 Å². The zero-order valence-corrected chi connectivity index (χ0v) is 10.9. The zero-order chi connectivity index (χ0) is 14.0. The lowest BCUT2D eigenvalue weighted by Crippen LogP contribution is -2.25. The van der Waals surface area contributed by atoms with Crippen molar-refractivity contribution in [2.24, 2.45) is 17.6 Å². The molecule has 1 saturated heterocycles. The quantitative estimate of drug-likeness (QED) is 0.910. The largest absolute Gasteiger partial charge is 0.371 e. The summed E-state index contributed by atoms with van der Waals surface area (Å²) in [5.41, 5.74) is 5.94. The summed E-state index contributed by atoms with van der Waals surface area (Å²) in [5.74, 6) is -1.72. The Morgan fingerprint density at radius 1 is 1.47 bits per heavy atom. The van der Waals surface area contributed by atoms with Gasteiger partial charge in [-0.25, -0.2) is 8.78 Å². The SMILES string of the molecule is CC(CC1CCN(c2ccc(F)c(F)c2)C1)C(N)=O. The van der Waals surface area contributed by atoms with Crippen LogP contribution in [0.2, 0.25) is 0 Å². The molecule has 2 rings (SSSR count). The van der Waals surface area contributed by atoms with Crippen molar-refractivity contribution in [3.63, 3.8) is 0 Å². The first-order chi connectivity index (χ1) is 8.97. The number of nitrogens with zero attached hydrogens (tertiary/aromatic N) is 1. The van der Waals surface area contributed by atoms with Crippen LogP contribution in [0.5, 0.6) is 0 Å². The van der Waals surface area contributed by atoms with E-state index in [1.165, 1.54) is 6.07 Å². The highest BCUT2D eigenvalue weighted by atomic mass is 19.2. The first-order valence-electron chi connectivity index (χ1n) is 6.46. The van der Waals surface area contributed by atoms with Gasteiger partial charge in [0.25, 0.3) is 0 Å². The van der Waals surface area contributed by atoms with Crippen LogP contribution in [0.1, 0.15) is 19.8 Å². The lowest BCUT2D eigenvalue weighted by Gasteiger charge is -2.19. The number of carbonyl (C=O) groups excluding carboxylic acids is 1. The number of hydrogen-bond acceptors (Lipinski definition) is 2. The Bertz CT molecular complexity index is 479. The maximum atomic E-state index is 13.2. The molecule has 19 heavy (non-hydrogen) atoms. The second-order valence-electron chi connectivity index (χ2n) is 5.24. The van der Waals surface area contributed by atoms with Gasteiger partial charge in [0, 0.05) is 30.8 Å². The molecular weight excluding hydrogens is 250 g/mol. The summed E-state index contributed by atoms with van der Waals surface area (Å²) in [6.07, 6.45) is 1.69. The van der Waals surface area contributed by atoms with Crippen molar-refractivity contribution in [2.45, 2.75) is 19.8 Å². The predicted molar refractivity (Wildman–Crippen MR) is 69.7 cm³/mol. The summed E-state index contributed by atoms with van der Waals surface area (Å²) in [6, 6.07) is 3.94. The molecule has 5 heteroatoms. The first kappa shape index (κ1) is 13.8. The molecule has 0 radical (unpaired) electrons. The van der Waals surface area contributed by atoms with Crippen LogP contribution in [-0.2, 0) is 4.79 Å². The third-order valence-corrected chi connectivity index (χ3v) is 3.73. The van der Waals surface area contributed by atoms with E-state index in [0.29, 0.717) is 11.6 Å². The minimum atomic E-state index is -0.832. The number of benzene rings is 1. The van der Waals surface area contributed by atoms with Gasteiger partial charge in [-0.05, 0) is 30.9 Å². The molecule has 0 saturated carbocycles. The Morgan fingerprint density at radius 2 is 2.21 bits per heavy atom. The van der Waals surface area contributed by atoms with E-state index in [1.54, 1.807) is 6.07 Å². The Balaban J connectivity index is 1.98. The molecule has 0 spiro atoms. The van der Waals surface area contributed by atoms with E-state index >= 15 is 0 Å².